The first-order valence-corrected chi connectivity index (χ1v) is 34.8. The second-order valence-electron chi connectivity index (χ2n) is 30.1. The monoisotopic (exact) mass is 1380 g/mol. The zero-order valence-corrected chi connectivity index (χ0v) is 58.2. The van der Waals surface area contributed by atoms with Crippen LogP contribution in [0, 0.1) is 11.8 Å². The molecule has 5 aliphatic heterocycles. The van der Waals surface area contributed by atoms with Gasteiger partial charge in [-0.2, -0.15) is 21.6 Å². The molecule has 540 valence electrons. The van der Waals surface area contributed by atoms with Crippen LogP contribution in [-0.4, -0.2) is 144 Å². The first-order valence-electron chi connectivity index (χ1n) is 33.4. The normalized spacial score (nSPS) is 25.6. The van der Waals surface area contributed by atoms with Gasteiger partial charge in [0.15, 0.2) is 0 Å². The maximum atomic E-state index is 13.3. The van der Waals surface area contributed by atoms with Crippen molar-refractivity contribution >= 4 is 35.5 Å². The summed E-state index contributed by atoms with van der Waals surface area (Å²) in [4.78, 5) is 40.6. The Morgan fingerprint density at radius 2 is 1.01 bits per heavy atom. The van der Waals surface area contributed by atoms with Gasteiger partial charge in [-0.1, -0.05) is 24.6 Å². The SMILES string of the molecule is CC(C)(C)OC(=O)N1CCCC=C1C1=CCC(F)(F)CC1.CC(C)(C)OC(=O)N1CCCC=C1OS(=O)(=O)C(F)(F)F.CC(C)(C)OC(=O)N1CCCCC1C1CCC(F)(F)CC1.CC1(C)OB(C2=CCC(F)(F)CC2)OC1(C)C.FC1(F)CCC(C2CCCCN2)CC1. The minimum absolute atomic E-state index is 0.00806. The van der Waals surface area contributed by atoms with Crippen LogP contribution in [0.25, 0.3) is 0 Å². The fraction of sp³-hybridized carbons (Fsp3) is 0.833. The van der Waals surface area contributed by atoms with E-state index in [4.69, 9.17) is 23.5 Å². The molecule has 2 atom stereocenters. The van der Waals surface area contributed by atoms with Crippen LogP contribution in [0.3, 0.4) is 0 Å². The number of carbonyl (C=O) groups is 3. The fourth-order valence-electron chi connectivity index (χ4n) is 12.2. The number of hydrogen-bond acceptors (Lipinski definition) is 12. The quantitative estimate of drug-likeness (QED) is 0.0882. The second-order valence-corrected chi connectivity index (χ2v) is 31.6. The molecule has 3 amide bonds. The Morgan fingerprint density at radius 3 is 1.48 bits per heavy atom. The number of nitrogens with one attached hydrogen (secondary N) is 1. The van der Waals surface area contributed by atoms with Crippen LogP contribution in [0.4, 0.5) is 62.7 Å². The summed E-state index contributed by atoms with van der Waals surface area (Å²) in [5.74, 6) is -10.0. The van der Waals surface area contributed by atoms with E-state index in [2.05, 4.69) is 9.50 Å². The van der Waals surface area contributed by atoms with Crippen molar-refractivity contribution in [3.05, 3.63) is 46.9 Å². The Balaban J connectivity index is 0.000000214. The summed E-state index contributed by atoms with van der Waals surface area (Å²) in [6, 6.07) is 0.601. The van der Waals surface area contributed by atoms with Crippen molar-refractivity contribution in [3.8, 4) is 0 Å². The third-order valence-electron chi connectivity index (χ3n) is 18.0. The van der Waals surface area contributed by atoms with Gasteiger partial charge in [0.25, 0.3) is 11.8 Å². The molecular formula is C66H104BF11N4O11S. The van der Waals surface area contributed by atoms with E-state index in [1.54, 1.807) is 42.7 Å². The largest absolute Gasteiger partial charge is 0.534 e. The standard InChI is InChI=1S/C16H27F2NO2.C16H23F2NO2.C12H19BF2O2.C11H16F3NO5S.C11H19F2N/c2*1-15(2,3)21-14(20)19-11-5-4-6-13(19)12-7-9-16(17,18)10-8-12;1-10(2)11(3,4)17-13(16-10)9-5-7-12(14,15)8-6-9;1-10(2,3)19-9(16)15-7-5-4-6-8(15)20-21(17,18)11(12,13)14;12-11(13)6-4-9(5-7-11)10-3-1-2-8-14-10/h12-13H,4-11H2,1-3H3;6-7H,4-5,8-11H2,1-3H3;5H,6-8H2,1-4H3;6H,4-5,7H2,1-3H3;9-10,14H,1-8H2. The molecule has 0 spiro atoms. The van der Waals surface area contributed by atoms with Gasteiger partial charge < -0.3 is 37.9 Å². The maximum Gasteiger partial charge on any atom is 0.534 e. The average Bonchev–Trinajstić information content (AvgIpc) is 1.60. The molecule has 94 heavy (non-hydrogen) atoms. The third kappa shape index (κ3) is 25.5. The molecule has 2 saturated carbocycles. The van der Waals surface area contributed by atoms with Crippen LogP contribution in [-0.2, 0) is 37.8 Å². The van der Waals surface area contributed by atoms with Crippen molar-refractivity contribution in [2.24, 2.45) is 11.8 Å². The average molecular weight is 1380 g/mol. The van der Waals surface area contributed by atoms with E-state index in [0.29, 0.717) is 76.4 Å². The highest BCUT2D eigenvalue weighted by molar-refractivity contribution is 7.87. The van der Waals surface area contributed by atoms with Gasteiger partial charge in [0.1, 0.15) is 16.8 Å². The first kappa shape index (κ1) is 80.4. The lowest BCUT2D eigenvalue weighted by Crippen LogP contribution is -2.50. The smallest absolute Gasteiger partial charge is 0.444 e. The lowest BCUT2D eigenvalue weighted by Gasteiger charge is -2.43. The number of rotatable bonds is 6. The Bertz CT molecular complexity index is 2740. The molecular weight excluding hydrogens is 1280 g/mol. The highest BCUT2D eigenvalue weighted by Gasteiger charge is 2.54. The Hall–Kier alpha value is -4.31. The predicted molar refractivity (Wildman–Crippen MR) is 336 cm³/mol. The zero-order chi connectivity index (χ0) is 70.7. The molecule has 28 heteroatoms. The number of piperidine rings is 2. The molecule has 4 aliphatic carbocycles. The van der Waals surface area contributed by atoms with Gasteiger partial charge >= 0.3 is 41.0 Å². The molecule has 0 radical (unpaired) electrons. The molecule has 0 aromatic carbocycles. The summed E-state index contributed by atoms with van der Waals surface area (Å²) < 4.78 is 196. The molecule has 15 nitrogen and oxygen atoms in total. The molecule has 5 heterocycles. The molecule has 5 fully saturated rings. The van der Waals surface area contributed by atoms with Crippen LogP contribution >= 0.6 is 0 Å². The van der Waals surface area contributed by atoms with Crippen molar-refractivity contribution in [1.29, 1.82) is 0 Å². The van der Waals surface area contributed by atoms with Crippen molar-refractivity contribution < 1.29 is 98.8 Å². The van der Waals surface area contributed by atoms with Gasteiger partial charge in [-0.05, 0) is 222 Å². The summed E-state index contributed by atoms with van der Waals surface area (Å²) in [6.45, 7) is 25.9. The van der Waals surface area contributed by atoms with Crippen LogP contribution in [0.5, 0.6) is 0 Å². The summed E-state index contributed by atoms with van der Waals surface area (Å²) >= 11 is 0. The van der Waals surface area contributed by atoms with Crippen LogP contribution in [0.2, 0.25) is 0 Å². The molecule has 0 aromatic heterocycles. The summed E-state index contributed by atoms with van der Waals surface area (Å²) in [5.41, 5.74) is -5.87. The summed E-state index contributed by atoms with van der Waals surface area (Å²) in [5, 5.41) is 3.47. The fourth-order valence-corrected chi connectivity index (χ4v) is 12.7. The number of likely N-dealkylation sites (tertiary alicyclic amines) is 1. The second kappa shape index (κ2) is 32.1. The molecule has 0 bridgehead atoms. The van der Waals surface area contributed by atoms with Gasteiger partial charge in [0.2, 0.25) is 17.7 Å². The molecule has 9 aliphatic rings. The van der Waals surface area contributed by atoms with Crippen molar-refractivity contribution in [3.63, 3.8) is 0 Å². The number of hydrogen-bond donors (Lipinski definition) is 1. The molecule has 0 aromatic rings. The van der Waals surface area contributed by atoms with Crippen molar-refractivity contribution in [2.45, 2.75) is 313 Å². The van der Waals surface area contributed by atoms with E-state index in [1.165, 1.54) is 19.3 Å². The molecule has 1 N–H and O–H groups in total. The zero-order valence-electron chi connectivity index (χ0n) is 57.4. The summed E-state index contributed by atoms with van der Waals surface area (Å²) in [7, 11) is -6.29. The lowest BCUT2D eigenvalue weighted by molar-refractivity contribution is -0.0611. The maximum absolute atomic E-state index is 13.3. The third-order valence-corrected chi connectivity index (χ3v) is 18.9. The van der Waals surface area contributed by atoms with E-state index in [-0.39, 0.29) is 76.0 Å². The minimum Gasteiger partial charge on any atom is -0.444 e. The molecule has 9 rings (SSSR count). The van der Waals surface area contributed by atoms with Crippen molar-refractivity contribution in [2.75, 3.05) is 26.2 Å². The van der Waals surface area contributed by atoms with Crippen LogP contribution in [0.15, 0.2) is 46.9 Å². The molecule has 2 unspecified atom stereocenters. The Kier molecular flexibility index (Phi) is 27.5. The number of alkyl halides is 11. The summed E-state index contributed by atoms with van der Waals surface area (Å²) in [6.07, 6.45) is 16.2. The van der Waals surface area contributed by atoms with Crippen LogP contribution < -0.4 is 5.32 Å². The van der Waals surface area contributed by atoms with Gasteiger partial charge in [-0.3, -0.25) is 4.90 Å². The first-order chi connectivity index (χ1) is 43.0. The topological polar surface area (TPSA) is 162 Å². The minimum atomic E-state index is -5.83. The number of nitrogens with zero attached hydrogens (tertiary/aromatic N) is 3. The number of ether oxygens (including phenoxy) is 3. The van der Waals surface area contributed by atoms with Gasteiger partial charge in [-0.15, -0.1) is 0 Å². The van der Waals surface area contributed by atoms with E-state index < -0.39 is 92.5 Å². The van der Waals surface area contributed by atoms with E-state index in [0.717, 1.165) is 66.4 Å². The number of halogens is 11. The van der Waals surface area contributed by atoms with E-state index >= 15 is 0 Å². The van der Waals surface area contributed by atoms with Gasteiger partial charge in [-0.25, -0.2) is 54.4 Å². The highest BCUT2D eigenvalue weighted by atomic mass is 32.2. The Morgan fingerprint density at radius 1 is 0.543 bits per heavy atom. The van der Waals surface area contributed by atoms with E-state index in [9.17, 15) is 71.1 Å². The number of allylic oxidation sites excluding steroid dienone is 6. The predicted octanol–water partition coefficient (Wildman–Crippen LogP) is 18.3. The number of amides is 3. The lowest BCUT2D eigenvalue weighted by atomic mass is 9.72. The Labute approximate surface area is 550 Å². The van der Waals surface area contributed by atoms with E-state index in [1.807, 2.05) is 75.3 Å². The van der Waals surface area contributed by atoms with Gasteiger partial charge in [0.05, 0.1) is 11.2 Å². The van der Waals surface area contributed by atoms with Crippen molar-refractivity contribution in [1.82, 2.24) is 20.0 Å². The number of carbonyl (C=O) groups excluding carboxylic acids is 3. The van der Waals surface area contributed by atoms with Crippen LogP contribution in [0.1, 0.15) is 244 Å². The molecule has 3 saturated heterocycles. The van der Waals surface area contributed by atoms with Gasteiger partial charge in [0, 0.05) is 88.8 Å². The highest BCUT2D eigenvalue weighted by Crippen LogP contribution is 2.45.